The van der Waals surface area contributed by atoms with E-state index < -0.39 is 7.14 Å². The summed E-state index contributed by atoms with van der Waals surface area (Å²) in [5, 5.41) is 1.87. The van der Waals surface area contributed by atoms with Crippen molar-refractivity contribution in [2.75, 3.05) is 12.8 Å². The van der Waals surface area contributed by atoms with Crippen molar-refractivity contribution in [1.82, 2.24) is 0 Å². The monoisotopic (exact) mass is 300 g/mol. The Hall–Kier alpha value is -1.37. The van der Waals surface area contributed by atoms with E-state index >= 15 is 0 Å². The van der Waals surface area contributed by atoms with Gasteiger partial charge in [0, 0.05) is 23.4 Å². The molecule has 1 fully saturated rings. The first kappa shape index (κ1) is 14.6. The van der Waals surface area contributed by atoms with Crippen molar-refractivity contribution < 1.29 is 9.30 Å². The van der Waals surface area contributed by atoms with Crippen LogP contribution in [0.2, 0.25) is 0 Å². The summed E-state index contributed by atoms with van der Waals surface area (Å²) >= 11 is 0. The van der Waals surface area contributed by atoms with Gasteiger partial charge in [-0.25, -0.2) is 0 Å². The molecule has 1 saturated heterocycles. The first-order valence-electron chi connectivity index (χ1n) is 7.61. The third-order valence-corrected chi connectivity index (χ3v) is 7.27. The van der Waals surface area contributed by atoms with Crippen LogP contribution in [0, 0.1) is 0 Å². The Morgan fingerprint density at radius 2 is 1.48 bits per heavy atom. The Morgan fingerprint density at radius 1 is 0.905 bits per heavy atom. The zero-order valence-electron chi connectivity index (χ0n) is 12.2. The Kier molecular flexibility index (Phi) is 4.57. The minimum Gasteiger partial charge on any atom is -0.378 e. The quantitative estimate of drug-likeness (QED) is 0.807. The Labute approximate surface area is 126 Å². The third kappa shape index (κ3) is 3.28. The molecule has 0 N–H and O–H groups in total. The van der Waals surface area contributed by atoms with Crippen LogP contribution >= 0.6 is 7.14 Å². The lowest BCUT2D eigenvalue weighted by atomic mass is 10.1. The molecule has 0 saturated carbocycles. The molecule has 3 rings (SSSR count). The van der Waals surface area contributed by atoms with Crippen molar-refractivity contribution in [2.24, 2.45) is 0 Å². The fourth-order valence-corrected chi connectivity index (χ4v) is 5.82. The first-order valence-corrected chi connectivity index (χ1v) is 9.50. The maximum Gasteiger partial charge on any atom is 0.145 e. The van der Waals surface area contributed by atoms with Gasteiger partial charge < -0.3 is 9.30 Å². The van der Waals surface area contributed by atoms with E-state index in [1.807, 2.05) is 60.7 Å². The van der Waals surface area contributed by atoms with Crippen LogP contribution in [0.5, 0.6) is 0 Å². The molecule has 0 aliphatic carbocycles. The molecule has 110 valence electrons. The number of ether oxygens (including phenoxy) is 1. The summed E-state index contributed by atoms with van der Waals surface area (Å²) in [7, 11) is -2.62. The van der Waals surface area contributed by atoms with Gasteiger partial charge in [-0.15, -0.1) is 0 Å². The molecule has 2 aromatic rings. The fraction of sp³-hybridized carbons (Fsp3) is 0.333. The number of hydrogen-bond donors (Lipinski definition) is 0. The molecule has 3 heteroatoms. The largest absolute Gasteiger partial charge is 0.378 e. The summed E-state index contributed by atoms with van der Waals surface area (Å²) in [6.07, 6.45) is 4.04. The normalized spacial score (nSPS) is 19.3. The highest BCUT2D eigenvalue weighted by Crippen LogP contribution is 2.45. The fourth-order valence-electron chi connectivity index (χ4n) is 2.94. The second-order valence-electron chi connectivity index (χ2n) is 5.58. The smallest absolute Gasteiger partial charge is 0.145 e. The van der Waals surface area contributed by atoms with Gasteiger partial charge in [-0.3, -0.25) is 0 Å². The average Bonchev–Trinajstić information content (AvgIpc) is 2.57. The summed E-state index contributed by atoms with van der Waals surface area (Å²) in [6, 6.07) is 19.7. The standard InChI is InChI=1S/C18H21O2P/c19-21(17-10-3-1-4-11-17,18-12-5-2-6-13-18)15-16-9-7-8-14-20-16/h1-6,10-13,16H,7-9,14-15H2. The van der Waals surface area contributed by atoms with Crippen LogP contribution in [-0.2, 0) is 9.30 Å². The van der Waals surface area contributed by atoms with Crippen LogP contribution in [0.3, 0.4) is 0 Å². The Bertz CT molecular complexity index is 560. The van der Waals surface area contributed by atoms with E-state index in [1.54, 1.807) is 0 Å². The second kappa shape index (κ2) is 6.60. The average molecular weight is 300 g/mol. The molecule has 2 aromatic carbocycles. The number of rotatable bonds is 4. The van der Waals surface area contributed by atoms with Crippen molar-refractivity contribution in [1.29, 1.82) is 0 Å². The van der Waals surface area contributed by atoms with E-state index in [4.69, 9.17) is 4.74 Å². The summed E-state index contributed by atoms with van der Waals surface area (Å²) in [4.78, 5) is 0. The van der Waals surface area contributed by atoms with Crippen molar-refractivity contribution in [3.05, 3.63) is 60.7 Å². The van der Waals surface area contributed by atoms with Crippen LogP contribution in [-0.4, -0.2) is 18.9 Å². The molecule has 1 aliphatic heterocycles. The molecule has 21 heavy (non-hydrogen) atoms. The zero-order chi connectivity index (χ0) is 14.5. The highest BCUT2D eigenvalue weighted by atomic mass is 31.2. The van der Waals surface area contributed by atoms with Gasteiger partial charge in [0.2, 0.25) is 0 Å². The highest BCUT2D eigenvalue weighted by Gasteiger charge is 2.31. The number of hydrogen-bond acceptors (Lipinski definition) is 2. The van der Waals surface area contributed by atoms with E-state index in [-0.39, 0.29) is 6.10 Å². The van der Waals surface area contributed by atoms with Crippen LogP contribution in [0.15, 0.2) is 60.7 Å². The lowest BCUT2D eigenvalue weighted by Gasteiger charge is -2.28. The molecule has 0 radical (unpaired) electrons. The van der Waals surface area contributed by atoms with Gasteiger partial charge in [0.05, 0.1) is 6.10 Å². The molecule has 0 spiro atoms. The predicted molar refractivity (Wildman–Crippen MR) is 88.2 cm³/mol. The van der Waals surface area contributed by atoms with Crippen molar-refractivity contribution in [3.8, 4) is 0 Å². The highest BCUT2D eigenvalue weighted by molar-refractivity contribution is 7.78. The molecular formula is C18H21O2P. The molecule has 0 amide bonds. The molecule has 1 atom stereocenters. The Morgan fingerprint density at radius 3 is 1.95 bits per heavy atom. The van der Waals surface area contributed by atoms with Gasteiger partial charge in [-0.05, 0) is 19.3 Å². The topological polar surface area (TPSA) is 26.3 Å². The van der Waals surface area contributed by atoms with Gasteiger partial charge >= 0.3 is 0 Å². The van der Waals surface area contributed by atoms with Gasteiger partial charge in [0.15, 0.2) is 0 Å². The van der Waals surface area contributed by atoms with E-state index in [9.17, 15) is 4.57 Å². The lowest BCUT2D eigenvalue weighted by Crippen LogP contribution is -2.29. The molecule has 2 nitrogen and oxygen atoms in total. The van der Waals surface area contributed by atoms with Crippen LogP contribution in [0.4, 0.5) is 0 Å². The Balaban J connectivity index is 1.96. The van der Waals surface area contributed by atoms with E-state index in [0.717, 1.165) is 30.1 Å². The van der Waals surface area contributed by atoms with Gasteiger partial charge in [0.25, 0.3) is 0 Å². The lowest BCUT2D eigenvalue weighted by molar-refractivity contribution is 0.0305. The van der Waals surface area contributed by atoms with Gasteiger partial charge in [-0.2, -0.15) is 0 Å². The van der Waals surface area contributed by atoms with Crippen molar-refractivity contribution >= 4 is 17.8 Å². The summed E-state index contributed by atoms with van der Waals surface area (Å²) < 4.78 is 19.6. The maximum atomic E-state index is 13.8. The van der Waals surface area contributed by atoms with Crippen LogP contribution < -0.4 is 10.6 Å². The van der Waals surface area contributed by atoms with Crippen LogP contribution in [0.1, 0.15) is 19.3 Å². The maximum absolute atomic E-state index is 13.8. The SMILES string of the molecule is O=P(CC1CCCCO1)(c1ccccc1)c1ccccc1. The molecule has 0 aromatic heterocycles. The molecule has 0 bridgehead atoms. The molecule has 1 heterocycles. The van der Waals surface area contributed by atoms with E-state index in [1.165, 1.54) is 6.42 Å². The minimum absolute atomic E-state index is 0.116. The molecule has 1 aliphatic rings. The molecule has 1 unspecified atom stereocenters. The first-order chi connectivity index (χ1) is 10.3. The van der Waals surface area contributed by atoms with E-state index in [0.29, 0.717) is 6.16 Å². The second-order valence-corrected chi connectivity index (χ2v) is 8.46. The van der Waals surface area contributed by atoms with Crippen LogP contribution in [0.25, 0.3) is 0 Å². The summed E-state index contributed by atoms with van der Waals surface area (Å²) in [5.74, 6) is 0. The summed E-state index contributed by atoms with van der Waals surface area (Å²) in [6.45, 7) is 0.800. The van der Waals surface area contributed by atoms with Crippen molar-refractivity contribution in [2.45, 2.75) is 25.4 Å². The third-order valence-electron chi connectivity index (χ3n) is 4.08. The number of benzene rings is 2. The zero-order valence-corrected chi connectivity index (χ0v) is 13.0. The molecular weight excluding hydrogens is 279 g/mol. The minimum atomic E-state index is -2.62. The van der Waals surface area contributed by atoms with Gasteiger partial charge in [0.1, 0.15) is 7.14 Å². The van der Waals surface area contributed by atoms with Crippen molar-refractivity contribution in [3.63, 3.8) is 0 Å². The predicted octanol–water partition coefficient (Wildman–Crippen LogP) is 3.57. The summed E-state index contributed by atoms with van der Waals surface area (Å²) in [5.41, 5.74) is 0. The van der Waals surface area contributed by atoms with E-state index in [2.05, 4.69) is 0 Å². The van der Waals surface area contributed by atoms with Gasteiger partial charge in [-0.1, -0.05) is 60.7 Å².